The zero-order chi connectivity index (χ0) is 11.4. The van der Waals surface area contributed by atoms with Crippen molar-refractivity contribution in [3.8, 4) is 0 Å². The fourth-order valence-electron chi connectivity index (χ4n) is 1.52. The molecule has 86 valence electrons. The molecule has 2 heteroatoms. The molecule has 0 saturated carbocycles. The second-order valence-corrected chi connectivity index (χ2v) is 6.49. The topological polar surface area (TPSA) is 38.0 Å². The van der Waals surface area contributed by atoms with Gasteiger partial charge in [0, 0.05) is 11.6 Å². The Hall–Kier alpha value is -0.0800. The molecule has 0 fully saturated rings. The molecule has 1 unspecified atom stereocenters. The summed E-state index contributed by atoms with van der Waals surface area (Å²) in [6.45, 7) is 14.3. The van der Waals surface area contributed by atoms with E-state index in [9.17, 15) is 0 Å². The summed E-state index contributed by atoms with van der Waals surface area (Å²) in [5.41, 5.74) is 6.61. The van der Waals surface area contributed by atoms with Crippen LogP contribution >= 0.6 is 0 Å². The normalized spacial score (nSPS) is 15.6. The van der Waals surface area contributed by atoms with Crippen LogP contribution in [0.25, 0.3) is 0 Å². The summed E-state index contributed by atoms with van der Waals surface area (Å²) in [6, 6.07) is 0.324. The highest BCUT2D eigenvalue weighted by Crippen LogP contribution is 2.20. The third-order valence-electron chi connectivity index (χ3n) is 2.05. The van der Waals surface area contributed by atoms with Gasteiger partial charge < -0.3 is 11.1 Å². The van der Waals surface area contributed by atoms with E-state index in [-0.39, 0.29) is 5.54 Å². The van der Waals surface area contributed by atoms with E-state index < -0.39 is 0 Å². The van der Waals surface area contributed by atoms with Crippen molar-refractivity contribution in [1.82, 2.24) is 5.32 Å². The van der Waals surface area contributed by atoms with Gasteiger partial charge in [0.05, 0.1) is 0 Å². The fourth-order valence-corrected chi connectivity index (χ4v) is 1.52. The SMILES string of the molecule is CC(C)(C)CC(N)CCNC(C)(C)C. The summed E-state index contributed by atoms with van der Waals surface area (Å²) in [5.74, 6) is 0. The lowest BCUT2D eigenvalue weighted by molar-refractivity contribution is 0.320. The van der Waals surface area contributed by atoms with Crippen LogP contribution in [0.3, 0.4) is 0 Å². The van der Waals surface area contributed by atoms with Crippen LogP contribution in [0.4, 0.5) is 0 Å². The predicted octanol–water partition coefficient (Wildman–Crippen LogP) is 2.53. The molecule has 0 aromatic rings. The molecule has 2 nitrogen and oxygen atoms in total. The molecule has 3 N–H and O–H groups in total. The summed E-state index contributed by atoms with van der Waals surface area (Å²) >= 11 is 0. The standard InChI is InChI=1S/C12H28N2/c1-11(2,3)9-10(13)7-8-14-12(4,5)6/h10,14H,7-9,13H2,1-6H3. The van der Waals surface area contributed by atoms with Crippen molar-refractivity contribution >= 4 is 0 Å². The Morgan fingerprint density at radius 3 is 1.93 bits per heavy atom. The first-order valence-corrected chi connectivity index (χ1v) is 5.61. The van der Waals surface area contributed by atoms with Crippen LogP contribution in [-0.2, 0) is 0 Å². The summed E-state index contributed by atoms with van der Waals surface area (Å²) < 4.78 is 0. The highest BCUT2D eigenvalue weighted by atomic mass is 14.9. The van der Waals surface area contributed by atoms with E-state index in [4.69, 9.17) is 5.73 Å². The molecule has 0 aliphatic rings. The molecule has 0 heterocycles. The highest BCUT2D eigenvalue weighted by molar-refractivity contribution is 4.75. The molecule has 0 amide bonds. The zero-order valence-electron chi connectivity index (χ0n) is 10.8. The molecular weight excluding hydrogens is 172 g/mol. The summed E-state index contributed by atoms with van der Waals surface area (Å²) in [5, 5.41) is 3.46. The maximum Gasteiger partial charge on any atom is 0.00965 e. The highest BCUT2D eigenvalue weighted by Gasteiger charge is 2.16. The monoisotopic (exact) mass is 200 g/mol. The second kappa shape index (κ2) is 5.13. The number of hydrogen-bond donors (Lipinski definition) is 2. The predicted molar refractivity (Wildman–Crippen MR) is 64.4 cm³/mol. The lowest BCUT2D eigenvalue weighted by atomic mass is 9.87. The summed E-state index contributed by atoms with van der Waals surface area (Å²) in [6.07, 6.45) is 2.16. The zero-order valence-corrected chi connectivity index (χ0v) is 10.8. The van der Waals surface area contributed by atoms with Crippen molar-refractivity contribution in [2.24, 2.45) is 11.1 Å². The molecule has 1 atom stereocenters. The first-order chi connectivity index (χ1) is 6.10. The van der Waals surface area contributed by atoms with Gasteiger partial charge in [-0.3, -0.25) is 0 Å². The van der Waals surface area contributed by atoms with Crippen LogP contribution in [0.15, 0.2) is 0 Å². The maximum absolute atomic E-state index is 6.05. The molecule has 0 aliphatic carbocycles. The van der Waals surface area contributed by atoms with E-state index in [1.165, 1.54) is 0 Å². The smallest absolute Gasteiger partial charge is 0.00965 e. The van der Waals surface area contributed by atoms with Gasteiger partial charge in [0.15, 0.2) is 0 Å². The average molecular weight is 200 g/mol. The van der Waals surface area contributed by atoms with Crippen molar-refractivity contribution in [2.45, 2.75) is 66.0 Å². The van der Waals surface area contributed by atoms with Gasteiger partial charge in [0.1, 0.15) is 0 Å². The van der Waals surface area contributed by atoms with Crippen LogP contribution in [0, 0.1) is 5.41 Å². The van der Waals surface area contributed by atoms with Crippen LogP contribution < -0.4 is 11.1 Å². The molecule has 0 saturated heterocycles. The van der Waals surface area contributed by atoms with E-state index in [1.807, 2.05) is 0 Å². The molecule has 0 aromatic carbocycles. The third-order valence-corrected chi connectivity index (χ3v) is 2.05. The molecule has 0 radical (unpaired) electrons. The van der Waals surface area contributed by atoms with Gasteiger partial charge >= 0.3 is 0 Å². The minimum atomic E-state index is 0.210. The minimum Gasteiger partial charge on any atom is -0.328 e. The van der Waals surface area contributed by atoms with Gasteiger partial charge in [-0.25, -0.2) is 0 Å². The molecule has 0 rings (SSSR count). The molecular formula is C12H28N2. The maximum atomic E-state index is 6.05. The lowest BCUT2D eigenvalue weighted by Gasteiger charge is -2.25. The molecule has 0 bridgehead atoms. The van der Waals surface area contributed by atoms with Crippen LogP contribution in [0.5, 0.6) is 0 Å². The molecule has 0 spiro atoms. The molecule has 14 heavy (non-hydrogen) atoms. The third kappa shape index (κ3) is 10.0. The van der Waals surface area contributed by atoms with Gasteiger partial charge in [-0.1, -0.05) is 20.8 Å². The van der Waals surface area contributed by atoms with Crippen molar-refractivity contribution in [2.75, 3.05) is 6.54 Å². The Labute approximate surface area is 89.6 Å². The summed E-state index contributed by atoms with van der Waals surface area (Å²) in [7, 11) is 0. The van der Waals surface area contributed by atoms with Crippen molar-refractivity contribution < 1.29 is 0 Å². The summed E-state index contributed by atoms with van der Waals surface area (Å²) in [4.78, 5) is 0. The average Bonchev–Trinajstić information content (AvgIpc) is 1.78. The second-order valence-electron chi connectivity index (χ2n) is 6.49. The number of nitrogens with one attached hydrogen (secondary N) is 1. The quantitative estimate of drug-likeness (QED) is 0.732. The van der Waals surface area contributed by atoms with Crippen molar-refractivity contribution in [3.63, 3.8) is 0 Å². The molecule has 0 aromatic heterocycles. The molecule has 0 aliphatic heterocycles. The first-order valence-electron chi connectivity index (χ1n) is 5.61. The van der Waals surface area contributed by atoms with Gasteiger partial charge in [-0.05, 0) is 45.6 Å². The van der Waals surface area contributed by atoms with Crippen molar-refractivity contribution in [3.05, 3.63) is 0 Å². The number of rotatable bonds is 4. The Bertz CT molecular complexity index is 151. The number of nitrogens with two attached hydrogens (primary N) is 1. The van der Waals surface area contributed by atoms with Gasteiger partial charge in [-0.2, -0.15) is 0 Å². The Morgan fingerprint density at radius 1 is 1.07 bits per heavy atom. The Kier molecular flexibility index (Phi) is 5.10. The van der Waals surface area contributed by atoms with Gasteiger partial charge in [0.2, 0.25) is 0 Å². The van der Waals surface area contributed by atoms with E-state index in [0.29, 0.717) is 11.5 Å². The lowest BCUT2D eigenvalue weighted by Crippen LogP contribution is -2.39. The Balaban J connectivity index is 3.60. The van der Waals surface area contributed by atoms with Crippen LogP contribution in [0.1, 0.15) is 54.4 Å². The van der Waals surface area contributed by atoms with E-state index in [1.54, 1.807) is 0 Å². The van der Waals surface area contributed by atoms with E-state index in [0.717, 1.165) is 19.4 Å². The van der Waals surface area contributed by atoms with E-state index in [2.05, 4.69) is 46.9 Å². The van der Waals surface area contributed by atoms with Crippen molar-refractivity contribution in [1.29, 1.82) is 0 Å². The van der Waals surface area contributed by atoms with Gasteiger partial charge in [0.25, 0.3) is 0 Å². The van der Waals surface area contributed by atoms with E-state index >= 15 is 0 Å². The number of hydrogen-bond acceptors (Lipinski definition) is 2. The fraction of sp³-hybridized carbons (Fsp3) is 1.00. The minimum absolute atomic E-state index is 0.210. The van der Waals surface area contributed by atoms with Crippen LogP contribution in [0.2, 0.25) is 0 Å². The largest absolute Gasteiger partial charge is 0.328 e. The van der Waals surface area contributed by atoms with Gasteiger partial charge in [-0.15, -0.1) is 0 Å². The van der Waals surface area contributed by atoms with Crippen LogP contribution in [-0.4, -0.2) is 18.1 Å². The Morgan fingerprint density at radius 2 is 1.57 bits per heavy atom. The first kappa shape index (κ1) is 13.9.